The number of benzene rings is 1. The molecule has 1 aromatic carbocycles. The largest absolute Gasteiger partial charge is 0.492 e. The van der Waals surface area contributed by atoms with Gasteiger partial charge in [-0.05, 0) is 32.2 Å². The highest BCUT2D eigenvalue weighted by atomic mass is 32.2. The van der Waals surface area contributed by atoms with Crippen LogP contribution in [0.5, 0.6) is 5.75 Å². The lowest BCUT2D eigenvalue weighted by Crippen LogP contribution is -2.32. The maximum absolute atomic E-state index is 12.9. The summed E-state index contributed by atoms with van der Waals surface area (Å²) >= 11 is 1.48. The number of likely N-dealkylation sites (N-methyl/N-ethyl adjacent to an activating group) is 1. The molecule has 140 valence electrons. The smallest absolute Gasteiger partial charge is 0.258 e. The number of amides is 1. The summed E-state index contributed by atoms with van der Waals surface area (Å²) in [5.41, 5.74) is 2.50. The average molecular weight is 374 g/mol. The SMILES string of the molecule is CSc1nc(C(C)C)nc(C)c1C(=O)N(C)CCOc1ccc(C)cc1. The normalized spacial score (nSPS) is 10.9. The van der Waals surface area contributed by atoms with Gasteiger partial charge in [-0.3, -0.25) is 4.79 Å². The Balaban J connectivity index is 2.06. The molecule has 0 radical (unpaired) electrons. The molecule has 1 heterocycles. The van der Waals surface area contributed by atoms with Gasteiger partial charge in [-0.15, -0.1) is 11.8 Å². The number of nitrogens with zero attached hydrogens (tertiary/aromatic N) is 3. The number of aromatic nitrogens is 2. The zero-order valence-corrected chi connectivity index (χ0v) is 17.2. The van der Waals surface area contributed by atoms with Gasteiger partial charge < -0.3 is 9.64 Å². The molecule has 0 bridgehead atoms. The van der Waals surface area contributed by atoms with Crippen molar-refractivity contribution >= 4 is 17.7 Å². The molecule has 2 rings (SSSR count). The second-order valence-corrected chi connectivity index (χ2v) is 7.39. The molecule has 0 saturated carbocycles. The number of carbonyl (C=O) groups excluding carboxylic acids is 1. The summed E-state index contributed by atoms with van der Waals surface area (Å²) in [6.07, 6.45) is 1.93. The minimum atomic E-state index is -0.0744. The van der Waals surface area contributed by atoms with Crippen LogP contribution in [0, 0.1) is 13.8 Å². The van der Waals surface area contributed by atoms with Gasteiger partial charge in [0.05, 0.1) is 17.8 Å². The molecule has 1 aromatic heterocycles. The molecule has 6 heteroatoms. The Labute approximate surface area is 160 Å². The summed E-state index contributed by atoms with van der Waals surface area (Å²) in [7, 11) is 1.78. The van der Waals surface area contributed by atoms with Crippen molar-refractivity contribution in [3.05, 3.63) is 46.9 Å². The van der Waals surface area contributed by atoms with Gasteiger partial charge in [0.2, 0.25) is 0 Å². The summed E-state index contributed by atoms with van der Waals surface area (Å²) < 4.78 is 5.72. The first-order chi connectivity index (χ1) is 12.3. The number of hydrogen-bond acceptors (Lipinski definition) is 5. The lowest BCUT2D eigenvalue weighted by Gasteiger charge is -2.20. The number of carbonyl (C=O) groups is 1. The molecule has 2 aromatic rings. The molecule has 0 spiro atoms. The molecule has 5 nitrogen and oxygen atoms in total. The third kappa shape index (κ3) is 4.97. The van der Waals surface area contributed by atoms with E-state index in [0.29, 0.717) is 18.7 Å². The molecule has 0 aliphatic heterocycles. The van der Waals surface area contributed by atoms with Crippen molar-refractivity contribution < 1.29 is 9.53 Å². The van der Waals surface area contributed by atoms with E-state index in [0.717, 1.165) is 22.3 Å². The molecule has 26 heavy (non-hydrogen) atoms. The summed E-state index contributed by atoms with van der Waals surface area (Å²) in [4.78, 5) is 23.6. The van der Waals surface area contributed by atoms with E-state index in [1.807, 2.05) is 44.4 Å². The highest BCUT2D eigenvalue weighted by Gasteiger charge is 2.22. The van der Waals surface area contributed by atoms with Crippen LogP contribution in [0.3, 0.4) is 0 Å². The third-order valence-corrected chi connectivity index (χ3v) is 4.74. The molecule has 0 saturated heterocycles. The Morgan fingerprint density at radius 2 is 1.85 bits per heavy atom. The zero-order valence-electron chi connectivity index (χ0n) is 16.4. The van der Waals surface area contributed by atoms with Gasteiger partial charge in [-0.1, -0.05) is 31.5 Å². The van der Waals surface area contributed by atoms with Gasteiger partial charge in [0.15, 0.2) is 0 Å². The van der Waals surface area contributed by atoms with Crippen molar-refractivity contribution in [1.29, 1.82) is 0 Å². The molecule has 0 unspecified atom stereocenters. The summed E-state index contributed by atoms with van der Waals surface area (Å²) in [5, 5.41) is 0.734. The second kappa shape index (κ2) is 9.03. The predicted molar refractivity (Wildman–Crippen MR) is 106 cm³/mol. The second-order valence-electron chi connectivity index (χ2n) is 6.59. The number of rotatable bonds is 7. The number of thioether (sulfide) groups is 1. The lowest BCUT2D eigenvalue weighted by molar-refractivity contribution is 0.0768. The van der Waals surface area contributed by atoms with Gasteiger partial charge in [0.1, 0.15) is 23.2 Å². The summed E-state index contributed by atoms with van der Waals surface area (Å²) in [6, 6.07) is 7.88. The summed E-state index contributed by atoms with van der Waals surface area (Å²) in [6.45, 7) is 8.94. The fraction of sp³-hybridized carbons (Fsp3) is 0.450. The van der Waals surface area contributed by atoms with E-state index in [1.54, 1.807) is 11.9 Å². The van der Waals surface area contributed by atoms with Crippen LogP contribution in [0.4, 0.5) is 0 Å². The Bertz CT molecular complexity index is 760. The van der Waals surface area contributed by atoms with Crippen LogP contribution < -0.4 is 4.74 Å². The van der Waals surface area contributed by atoms with Gasteiger partial charge >= 0.3 is 0 Å². The van der Waals surface area contributed by atoms with Crippen LogP contribution in [0.2, 0.25) is 0 Å². The van der Waals surface area contributed by atoms with Crippen molar-refractivity contribution in [3.63, 3.8) is 0 Å². The van der Waals surface area contributed by atoms with Crippen LogP contribution >= 0.6 is 11.8 Å². The van der Waals surface area contributed by atoms with Crippen molar-refractivity contribution in [2.24, 2.45) is 0 Å². The quantitative estimate of drug-likeness (QED) is 0.540. The monoisotopic (exact) mass is 373 g/mol. The molecular weight excluding hydrogens is 346 g/mol. The maximum Gasteiger partial charge on any atom is 0.258 e. The van der Waals surface area contributed by atoms with Gasteiger partial charge in [0, 0.05) is 13.0 Å². The van der Waals surface area contributed by atoms with Crippen LogP contribution in [0.25, 0.3) is 0 Å². The standard InChI is InChI=1S/C20H27N3O2S/c1-13(2)18-21-15(4)17(19(22-18)26-6)20(24)23(5)11-12-25-16-9-7-14(3)8-10-16/h7-10,13H,11-12H2,1-6H3. The van der Waals surface area contributed by atoms with Crippen LogP contribution in [-0.2, 0) is 0 Å². The van der Waals surface area contributed by atoms with E-state index in [4.69, 9.17) is 4.74 Å². The average Bonchev–Trinajstić information content (AvgIpc) is 2.61. The minimum absolute atomic E-state index is 0.0744. The molecule has 0 aliphatic rings. The number of ether oxygens (including phenoxy) is 1. The van der Waals surface area contributed by atoms with Crippen molar-refractivity contribution in [1.82, 2.24) is 14.9 Å². The first kappa shape index (κ1) is 20.2. The van der Waals surface area contributed by atoms with E-state index in [2.05, 4.69) is 23.8 Å². The Morgan fingerprint density at radius 3 is 2.42 bits per heavy atom. The van der Waals surface area contributed by atoms with Crippen LogP contribution in [0.1, 0.15) is 47.2 Å². The van der Waals surface area contributed by atoms with E-state index in [-0.39, 0.29) is 11.8 Å². The molecule has 0 aliphatic carbocycles. The fourth-order valence-electron chi connectivity index (χ4n) is 2.45. The fourth-order valence-corrected chi connectivity index (χ4v) is 3.07. The highest BCUT2D eigenvalue weighted by Crippen LogP contribution is 2.24. The van der Waals surface area contributed by atoms with E-state index < -0.39 is 0 Å². The third-order valence-electron chi connectivity index (χ3n) is 4.06. The van der Waals surface area contributed by atoms with Crippen LogP contribution in [-0.4, -0.2) is 47.2 Å². The lowest BCUT2D eigenvalue weighted by atomic mass is 10.1. The topological polar surface area (TPSA) is 55.3 Å². The predicted octanol–water partition coefficient (Wildman–Crippen LogP) is 4.09. The minimum Gasteiger partial charge on any atom is -0.492 e. The zero-order chi connectivity index (χ0) is 19.3. The highest BCUT2D eigenvalue weighted by molar-refractivity contribution is 7.98. The van der Waals surface area contributed by atoms with Crippen molar-refractivity contribution in [2.45, 2.75) is 38.6 Å². The Hall–Kier alpha value is -2.08. The summed E-state index contributed by atoms with van der Waals surface area (Å²) in [5.74, 6) is 1.73. The van der Waals surface area contributed by atoms with E-state index in [1.165, 1.54) is 17.3 Å². The Morgan fingerprint density at radius 1 is 1.19 bits per heavy atom. The van der Waals surface area contributed by atoms with Crippen molar-refractivity contribution in [2.75, 3.05) is 26.5 Å². The number of hydrogen-bond donors (Lipinski definition) is 0. The molecule has 1 amide bonds. The first-order valence-corrected chi connectivity index (χ1v) is 9.93. The first-order valence-electron chi connectivity index (χ1n) is 8.71. The number of aryl methyl sites for hydroxylation is 2. The molecular formula is C20H27N3O2S. The van der Waals surface area contributed by atoms with Gasteiger partial charge in [0.25, 0.3) is 5.91 Å². The molecule has 0 N–H and O–H groups in total. The molecule has 0 atom stereocenters. The van der Waals surface area contributed by atoms with Gasteiger partial charge in [-0.25, -0.2) is 9.97 Å². The van der Waals surface area contributed by atoms with E-state index in [9.17, 15) is 4.79 Å². The van der Waals surface area contributed by atoms with Crippen molar-refractivity contribution in [3.8, 4) is 5.75 Å². The van der Waals surface area contributed by atoms with Crippen LogP contribution in [0.15, 0.2) is 29.3 Å². The van der Waals surface area contributed by atoms with Gasteiger partial charge in [-0.2, -0.15) is 0 Å². The van der Waals surface area contributed by atoms with E-state index >= 15 is 0 Å². The maximum atomic E-state index is 12.9. The molecule has 0 fully saturated rings. The Kier molecular flexibility index (Phi) is 7.03.